The van der Waals surface area contributed by atoms with Gasteiger partial charge in [0.2, 0.25) is 10.0 Å². The van der Waals surface area contributed by atoms with Gasteiger partial charge >= 0.3 is 0 Å². The van der Waals surface area contributed by atoms with Crippen molar-refractivity contribution < 1.29 is 13.2 Å². The van der Waals surface area contributed by atoms with Gasteiger partial charge in [0.05, 0.1) is 18.9 Å². The van der Waals surface area contributed by atoms with Crippen LogP contribution in [0.3, 0.4) is 0 Å². The number of likely N-dealkylation sites (tertiary alicyclic amines) is 1. The molecule has 2 aliphatic rings. The van der Waals surface area contributed by atoms with Gasteiger partial charge in [0.15, 0.2) is 5.96 Å². The van der Waals surface area contributed by atoms with Crippen molar-refractivity contribution in [1.82, 2.24) is 14.9 Å². The standard InChI is InChI=1S/C19H30N4O3S.HI/c1-2-20-18(23-11-8-19(15-23)9-12-26-16-19)21-10-13-27(24,25)22-14-17-6-4-3-5-7-17;/h3-7,22H,2,8-16H2,1H3,(H,20,21);1H. The third-order valence-electron chi connectivity index (χ3n) is 5.22. The second-order valence-corrected chi connectivity index (χ2v) is 9.26. The number of ether oxygens (including phenoxy) is 1. The molecule has 0 amide bonds. The van der Waals surface area contributed by atoms with E-state index in [1.54, 1.807) is 0 Å². The molecule has 158 valence electrons. The van der Waals surface area contributed by atoms with E-state index in [4.69, 9.17) is 4.74 Å². The quantitative estimate of drug-likeness (QED) is 0.324. The fourth-order valence-corrected chi connectivity index (χ4v) is 4.51. The van der Waals surface area contributed by atoms with Crippen LogP contribution in [0.4, 0.5) is 0 Å². The van der Waals surface area contributed by atoms with Crippen LogP contribution in [0.1, 0.15) is 25.3 Å². The second-order valence-electron chi connectivity index (χ2n) is 7.34. The first kappa shape index (κ1) is 23.4. The Kier molecular flexibility index (Phi) is 8.97. The number of hydrogen-bond acceptors (Lipinski definition) is 4. The Labute approximate surface area is 185 Å². The lowest BCUT2D eigenvalue weighted by molar-refractivity contribution is 0.156. The van der Waals surface area contributed by atoms with Crippen molar-refractivity contribution in [3.8, 4) is 0 Å². The minimum absolute atomic E-state index is 0. The van der Waals surface area contributed by atoms with E-state index in [0.717, 1.165) is 57.2 Å². The number of aliphatic imine (C=N–C) groups is 1. The maximum atomic E-state index is 12.2. The van der Waals surface area contributed by atoms with Gasteiger partial charge in [-0.15, -0.1) is 24.0 Å². The van der Waals surface area contributed by atoms with E-state index in [2.05, 4.69) is 19.9 Å². The number of nitrogens with one attached hydrogen (secondary N) is 2. The van der Waals surface area contributed by atoms with Gasteiger partial charge in [-0.05, 0) is 25.3 Å². The number of sulfonamides is 1. The molecule has 0 bridgehead atoms. The summed E-state index contributed by atoms with van der Waals surface area (Å²) >= 11 is 0. The molecule has 2 aliphatic heterocycles. The summed E-state index contributed by atoms with van der Waals surface area (Å²) in [6.45, 7) is 6.86. The summed E-state index contributed by atoms with van der Waals surface area (Å²) in [5.74, 6) is 0.788. The summed E-state index contributed by atoms with van der Waals surface area (Å²) in [5.41, 5.74) is 1.19. The molecule has 1 aromatic carbocycles. The Balaban J connectivity index is 0.00000280. The highest BCUT2D eigenvalue weighted by atomic mass is 127. The summed E-state index contributed by atoms with van der Waals surface area (Å²) in [7, 11) is -3.36. The minimum Gasteiger partial charge on any atom is -0.381 e. The van der Waals surface area contributed by atoms with E-state index in [9.17, 15) is 8.42 Å². The van der Waals surface area contributed by atoms with Crippen LogP contribution in [0.2, 0.25) is 0 Å². The Bertz CT molecular complexity index is 737. The molecular weight excluding hydrogens is 491 g/mol. The molecule has 1 spiro atoms. The van der Waals surface area contributed by atoms with E-state index >= 15 is 0 Å². The molecule has 0 aliphatic carbocycles. The van der Waals surface area contributed by atoms with E-state index in [0.29, 0.717) is 6.54 Å². The molecule has 3 rings (SSSR count). The van der Waals surface area contributed by atoms with Gasteiger partial charge in [-0.2, -0.15) is 0 Å². The minimum atomic E-state index is -3.36. The molecule has 1 unspecified atom stereocenters. The smallest absolute Gasteiger partial charge is 0.213 e. The van der Waals surface area contributed by atoms with Gasteiger partial charge in [0.25, 0.3) is 0 Å². The Morgan fingerprint density at radius 3 is 2.75 bits per heavy atom. The number of hydrogen-bond donors (Lipinski definition) is 2. The van der Waals surface area contributed by atoms with E-state index in [-0.39, 0.29) is 41.7 Å². The number of rotatable bonds is 7. The molecule has 0 radical (unpaired) electrons. The molecule has 7 nitrogen and oxygen atoms in total. The summed E-state index contributed by atoms with van der Waals surface area (Å²) in [6, 6.07) is 9.51. The lowest BCUT2D eigenvalue weighted by atomic mass is 9.87. The highest BCUT2D eigenvalue weighted by Crippen LogP contribution is 2.38. The van der Waals surface area contributed by atoms with Crippen LogP contribution < -0.4 is 10.0 Å². The highest BCUT2D eigenvalue weighted by molar-refractivity contribution is 14.0. The van der Waals surface area contributed by atoms with Crippen LogP contribution in [0, 0.1) is 5.41 Å². The van der Waals surface area contributed by atoms with Crippen LogP contribution in [0.15, 0.2) is 35.3 Å². The van der Waals surface area contributed by atoms with Crippen molar-refractivity contribution in [2.45, 2.75) is 26.3 Å². The zero-order valence-electron chi connectivity index (χ0n) is 16.4. The first-order chi connectivity index (χ1) is 13.0. The molecule has 2 saturated heterocycles. The molecular formula is C19H31IN4O3S. The van der Waals surface area contributed by atoms with Crippen molar-refractivity contribution in [3.63, 3.8) is 0 Å². The fourth-order valence-electron chi connectivity index (χ4n) is 3.65. The van der Waals surface area contributed by atoms with Crippen molar-refractivity contribution in [3.05, 3.63) is 35.9 Å². The van der Waals surface area contributed by atoms with Crippen molar-refractivity contribution in [2.75, 3.05) is 45.1 Å². The monoisotopic (exact) mass is 522 g/mol. The zero-order chi connectivity index (χ0) is 19.2. The van der Waals surface area contributed by atoms with Crippen LogP contribution in [-0.4, -0.2) is 64.4 Å². The van der Waals surface area contributed by atoms with Gasteiger partial charge < -0.3 is 15.0 Å². The highest BCUT2D eigenvalue weighted by Gasteiger charge is 2.42. The van der Waals surface area contributed by atoms with Crippen LogP contribution >= 0.6 is 24.0 Å². The molecule has 28 heavy (non-hydrogen) atoms. The molecule has 0 aromatic heterocycles. The average molecular weight is 522 g/mol. The molecule has 0 saturated carbocycles. The van der Waals surface area contributed by atoms with Crippen LogP contribution in [0.5, 0.6) is 0 Å². The number of nitrogens with zero attached hydrogens (tertiary/aromatic N) is 2. The average Bonchev–Trinajstić information content (AvgIpc) is 3.30. The summed E-state index contributed by atoms with van der Waals surface area (Å²) in [5, 5.41) is 3.29. The van der Waals surface area contributed by atoms with E-state index in [1.165, 1.54) is 0 Å². The number of benzene rings is 1. The topological polar surface area (TPSA) is 83.0 Å². The molecule has 2 fully saturated rings. The Morgan fingerprint density at radius 2 is 2.07 bits per heavy atom. The van der Waals surface area contributed by atoms with E-state index < -0.39 is 10.0 Å². The lowest BCUT2D eigenvalue weighted by Crippen LogP contribution is -2.42. The van der Waals surface area contributed by atoms with Gasteiger partial charge in [0, 0.05) is 38.2 Å². The lowest BCUT2D eigenvalue weighted by Gasteiger charge is -2.25. The first-order valence-corrected chi connectivity index (χ1v) is 11.3. The predicted octanol–water partition coefficient (Wildman–Crippen LogP) is 1.80. The van der Waals surface area contributed by atoms with Gasteiger partial charge in [-0.3, -0.25) is 4.99 Å². The normalized spacial score (nSPS) is 22.5. The first-order valence-electron chi connectivity index (χ1n) is 9.64. The molecule has 9 heteroatoms. The maximum Gasteiger partial charge on any atom is 0.213 e. The number of halogens is 1. The third-order valence-corrected chi connectivity index (χ3v) is 6.52. The number of guanidine groups is 1. The SMILES string of the molecule is CCNC(=NCCS(=O)(=O)NCc1ccccc1)N1CCC2(CCOC2)C1.I. The maximum absolute atomic E-state index is 12.2. The molecule has 2 heterocycles. The fraction of sp³-hybridized carbons (Fsp3) is 0.632. The molecule has 1 atom stereocenters. The third kappa shape index (κ3) is 6.57. The van der Waals surface area contributed by atoms with Gasteiger partial charge in [-0.1, -0.05) is 30.3 Å². The zero-order valence-corrected chi connectivity index (χ0v) is 19.5. The Hall–Kier alpha value is -0.910. The van der Waals surface area contributed by atoms with Gasteiger partial charge in [-0.25, -0.2) is 13.1 Å². The Morgan fingerprint density at radius 1 is 1.29 bits per heavy atom. The predicted molar refractivity (Wildman–Crippen MR) is 123 cm³/mol. The molecule has 1 aromatic rings. The molecule has 2 N–H and O–H groups in total. The summed E-state index contributed by atoms with van der Waals surface area (Å²) in [6.07, 6.45) is 2.20. The summed E-state index contributed by atoms with van der Waals surface area (Å²) in [4.78, 5) is 6.80. The summed E-state index contributed by atoms with van der Waals surface area (Å²) < 4.78 is 32.7. The van der Waals surface area contributed by atoms with Crippen LogP contribution in [0.25, 0.3) is 0 Å². The van der Waals surface area contributed by atoms with Crippen molar-refractivity contribution >= 4 is 40.0 Å². The van der Waals surface area contributed by atoms with Gasteiger partial charge in [0.1, 0.15) is 0 Å². The van der Waals surface area contributed by atoms with Crippen molar-refractivity contribution in [1.29, 1.82) is 0 Å². The largest absolute Gasteiger partial charge is 0.381 e. The second kappa shape index (κ2) is 10.7. The van der Waals surface area contributed by atoms with Crippen LogP contribution in [-0.2, 0) is 21.3 Å². The van der Waals surface area contributed by atoms with E-state index in [1.807, 2.05) is 37.3 Å². The van der Waals surface area contributed by atoms with Crippen molar-refractivity contribution in [2.24, 2.45) is 10.4 Å².